The molecule has 37 heavy (non-hydrogen) atoms. The highest BCUT2D eigenvalue weighted by Gasteiger charge is 2.23. The Bertz CT molecular complexity index is 1430. The second kappa shape index (κ2) is 12.7. The van der Waals surface area contributed by atoms with Crippen molar-refractivity contribution in [2.24, 2.45) is 0 Å². The van der Waals surface area contributed by atoms with E-state index in [4.69, 9.17) is 4.42 Å². The van der Waals surface area contributed by atoms with Gasteiger partial charge in [0.05, 0.1) is 5.56 Å². The molecule has 0 spiro atoms. The van der Waals surface area contributed by atoms with Crippen molar-refractivity contribution in [3.8, 4) is 28.2 Å². The monoisotopic (exact) mass is 504 g/mol. The van der Waals surface area contributed by atoms with Crippen LogP contribution in [0, 0.1) is 0 Å². The van der Waals surface area contributed by atoms with Gasteiger partial charge in [-0.1, -0.05) is 26.3 Å². The molecule has 0 aromatic heterocycles. The fourth-order valence-corrected chi connectivity index (χ4v) is 4.14. The number of hydrogen-bond donors (Lipinski definition) is 4. The molecule has 4 N–H and O–H groups in total. The first-order valence-corrected chi connectivity index (χ1v) is 12.4. The number of carbonyl (C=O) groups is 2. The Balaban J connectivity index is 0.00000186. The van der Waals surface area contributed by atoms with E-state index in [2.05, 4.69) is 10.6 Å². The number of phenols is 1. The van der Waals surface area contributed by atoms with Crippen LogP contribution in [0.1, 0.15) is 53.8 Å². The molecule has 0 atom stereocenters. The van der Waals surface area contributed by atoms with Crippen LogP contribution in [0.15, 0.2) is 63.8 Å². The molecule has 0 bridgehead atoms. The molecular formula is C29H32N2O6. The van der Waals surface area contributed by atoms with Gasteiger partial charge < -0.3 is 25.3 Å². The molecule has 4 rings (SSSR count). The topological polar surface area (TPSA) is 129 Å². The fourth-order valence-electron chi connectivity index (χ4n) is 4.14. The number of carboxylic acids is 1. The summed E-state index contributed by atoms with van der Waals surface area (Å²) in [7, 11) is 1.90. The molecule has 8 heteroatoms. The lowest BCUT2D eigenvalue weighted by Crippen LogP contribution is -2.25. The number of phenolic OH excluding ortho intramolecular Hbond substituents is 1. The van der Waals surface area contributed by atoms with Gasteiger partial charge >= 0.3 is 5.97 Å². The molecule has 1 aliphatic heterocycles. The minimum Gasteiger partial charge on any atom is -0.508 e. The van der Waals surface area contributed by atoms with Gasteiger partial charge in [-0.3, -0.25) is 9.59 Å². The van der Waals surface area contributed by atoms with Gasteiger partial charge in [0.15, 0.2) is 5.43 Å². The van der Waals surface area contributed by atoms with Gasteiger partial charge in [-0.15, -0.1) is 0 Å². The van der Waals surface area contributed by atoms with Crippen molar-refractivity contribution in [2.75, 3.05) is 20.1 Å². The maximum Gasteiger partial charge on any atom is 0.336 e. The standard InChI is InChI=1S/C27H26N2O6.C2H6/c1-28-11-3-2-4-12-29-26(32)16-5-8-19(22(13-16)27(33)34)25-20-9-6-17(30)14-23(20)35-24-15-18(31)7-10-21(24)25;1-2/h5-10,13-15,28,30H,2-4,11-12H2,1H3,(H,29,32)(H,33,34);1-2H3. The quantitative estimate of drug-likeness (QED) is 0.184. The van der Waals surface area contributed by atoms with E-state index in [-0.39, 0.29) is 34.0 Å². The van der Waals surface area contributed by atoms with E-state index < -0.39 is 5.97 Å². The van der Waals surface area contributed by atoms with Crippen molar-refractivity contribution in [1.82, 2.24) is 10.6 Å². The van der Waals surface area contributed by atoms with E-state index in [1.54, 1.807) is 24.3 Å². The van der Waals surface area contributed by atoms with E-state index >= 15 is 0 Å². The molecular weight excluding hydrogens is 472 g/mol. The number of amides is 1. The van der Waals surface area contributed by atoms with Crippen molar-refractivity contribution in [3.05, 3.63) is 75.9 Å². The van der Waals surface area contributed by atoms with Crippen molar-refractivity contribution in [2.45, 2.75) is 33.1 Å². The summed E-state index contributed by atoms with van der Waals surface area (Å²) in [5.74, 6) is -1.29. The van der Waals surface area contributed by atoms with Crippen LogP contribution in [0.3, 0.4) is 0 Å². The third kappa shape index (κ3) is 6.34. The largest absolute Gasteiger partial charge is 0.508 e. The average Bonchev–Trinajstić information content (AvgIpc) is 2.89. The SMILES string of the molecule is CC.CNCCCCCNC(=O)c1ccc(-c2c3ccc(=O)cc-3oc3cc(O)ccc23)c(C(=O)O)c1. The highest BCUT2D eigenvalue weighted by molar-refractivity contribution is 6.09. The molecule has 2 aliphatic rings. The second-order valence-corrected chi connectivity index (χ2v) is 8.30. The third-order valence-electron chi connectivity index (χ3n) is 5.85. The summed E-state index contributed by atoms with van der Waals surface area (Å²) in [4.78, 5) is 36.9. The summed E-state index contributed by atoms with van der Waals surface area (Å²) < 4.78 is 5.84. The number of nitrogens with one attached hydrogen (secondary N) is 2. The zero-order valence-electron chi connectivity index (χ0n) is 21.3. The van der Waals surface area contributed by atoms with E-state index in [0.717, 1.165) is 25.8 Å². The first-order valence-electron chi connectivity index (χ1n) is 12.4. The molecule has 0 saturated carbocycles. The Hall–Kier alpha value is -4.17. The number of aromatic carboxylic acids is 1. The molecule has 1 amide bonds. The summed E-state index contributed by atoms with van der Waals surface area (Å²) in [6, 6.07) is 13.4. The fraction of sp³-hybridized carbons (Fsp3) is 0.276. The molecule has 0 fully saturated rings. The van der Waals surface area contributed by atoms with E-state index in [9.17, 15) is 24.6 Å². The molecule has 0 saturated heterocycles. The molecule has 194 valence electrons. The van der Waals surface area contributed by atoms with Crippen LogP contribution >= 0.6 is 0 Å². The van der Waals surface area contributed by atoms with Gasteiger partial charge in [0, 0.05) is 40.8 Å². The lowest BCUT2D eigenvalue weighted by atomic mass is 9.90. The van der Waals surface area contributed by atoms with Gasteiger partial charge in [0.25, 0.3) is 5.91 Å². The van der Waals surface area contributed by atoms with Gasteiger partial charge in [-0.2, -0.15) is 0 Å². The predicted octanol–water partition coefficient (Wildman–Crippen LogP) is 5.11. The van der Waals surface area contributed by atoms with Crippen LogP contribution in [0.5, 0.6) is 5.75 Å². The van der Waals surface area contributed by atoms with E-state index in [0.29, 0.717) is 34.2 Å². The van der Waals surface area contributed by atoms with Crippen LogP contribution in [0.2, 0.25) is 0 Å². The highest BCUT2D eigenvalue weighted by Crippen LogP contribution is 2.42. The molecule has 8 nitrogen and oxygen atoms in total. The number of aromatic hydroxyl groups is 1. The van der Waals surface area contributed by atoms with Crippen molar-refractivity contribution in [1.29, 1.82) is 0 Å². The second-order valence-electron chi connectivity index (χ2n) is 8.30. The molecule has 0 unspecified atom stereocenters. The number of fused-ring (bicyclic) bond motifs is 2. The normalized spacial score (nSPS) is 10.7. The molecule has 2 aromatic carbocycles. The number of benzene rings is 3. The predicted molar refractivity (Wildman–Crippen MR) is 145 cm³/mol. The third-order valence-corrected chi connectivity index (χ3v) is 5.85. The number of rotatable bonds is 9. The van der Waals surface area contributed by atoms with Gasteiger partial charge in [0.1, 0.15) is 17.1 Å². The van der Waals surface area contributed by atoms with Gasteiger partial charge in [-0.25, -0.2) is 4.79 Å². The lowest BCUT2D eigenvalue weighted by molar-refractivity contribution is 0.0697. The van der Waals surface area contributed by atoms with Crippen LogP contribution < -0.4 is 16.1 Å². The number of carboxylic acid groups (broad SMARTS) is 1. The Morgan fingerprint density at radius 2 is 1.62 bits per heavy atom. The maximum atomic E-state index is 12.7. The zero-order valence-corrected chi connectivity index (χ0v) is 21.3. The first-order chi connectivity index (χ1) is 17.9. The van der Waals surface area contributed by atoms with Crippen LogP contribution in [0.4, 0.5) is 0 Å². The van der Waals surface area contributed by atoms with Crippen molar-refractivity contribution >= 4 is 22.8 Å². The minimum atomic E-state index is -1.19. The number of hydrogen-bond acceptors (Lipinski definition) is 6. The van der Waals surface area contributed by atoms with Crippen molar-refractivity contribution in [3.63, 3.8) is 0 Å². The van der Waals surface area contributed by atoms with E-state index in [1.807, 2.05) is 20.9 Å². The van der Waals surface area contributed by atoms with Crippen LogP contribution in [-0.2, 0) is 0 Å². The minimum absolute atomic E-state index is 0.0266. The maximum absolute atomic E-state index is 12.7. The number of unbranched alkanes of at least 4 members (excludes halogenated alkanes) is 2. The molecule has 1 aliphatic carbocycles. The Labute approximate surface area is 215 Å². The molecule has 2 aromatic rings. The Kier molecular flexibility index (Phi) is 9.40. The van der Waals surface area contributed by atoms with Crippen LogP contribution in [0.25, 0.3) is 33.4 Å². The summed E-state index contributed by atoms with van der Waals surface area (Å²) in [5, 5.41) is 26.4. The molecule has 1 heterocycles. The summed E-state index contributed by atoms with van der Waals surface area (Å²) in [6.07, 6.45) is 2.82. The average molecular weight is 505 g/mol. The Morgan fingerprint density at radius 3 is 2.35 bits per heavy atom. The smallest absolute Gasteiger partial charge is 0.336 e. The summed E-state index contributed by atoms with van der Waals surface area (Å²) in [5.41, 5.74) is 1.68. The zero-order chi connectivity index (χ0) is 26.9. The lowest BCUT2D eigenvalue weighted by Gasteiger charge is -2.17. The summed E-state index contributed by atoms with van der Waals surface area (Å²) >= 11 is 0. The Morgan fingerprint density at radius 1 is 0.892 bits per heavy atom. The number of carbonyl (C=O) groups excluding carboxylic acids is 1. The van der Waals surface area contributed by atoms with Gasteiger partial charge in [-0.05, 0) is 68.4 Å². The first kappa shape index (κ1) is 27.4. The van der Waals surface area contributed by atoms with Gasteiger partial charge in [0.2, 0.25) is 0 Å². The van der Waals surface area contributed by atoms with Crippen LogP contribution in [-0.4, -0.2) is 42.2 Å². The highest BCUT2D eigenvalue weighted by atomic mass is 16.4. The molecule has 0 radical (unpaired) electrons. The summed E-state index contributed by atoms with van der Waals surface area (Å²) in [6.45, 7) is 5.42. The van der Waals surface area contributed by atoms with E-state index in [1.165, 1.54) is 30.3 Å². The van der Waals surface area contributed by atoms with Crippen molar-refractivity contribution < 1.29 is 24.2 Å².